The molecule has 0 unspecified atom stereocenters. The Kier molecular flexibility index (Phi) is 8.10. The highest BCUT2D eigenvalue weighted by atomic mass is 16.5. The Morgan fingerprint density at radius 2 is 1.80 bits per heavy atom. The molecule has 9 heteroatoms. The molecule has 2 aromatic heterocycles. The number of aromatic nitrogens is 4. The number of aromatic amines is 2. The van der Waals surface area contributed by atoms with E-state index < -0.39 is 5.97 Å². The molecule has 1 atom stereocenters. The molecule has 0 aliphatic carbocycles. The van der Waals surface area contributed by atoms with E-state index in [1.807, 2.05) is 49.4 Å². The number of benzene rings is 3. The number of fused-ring (bicyclic) bond motifs is 2. The van der Waals surface area contributed by atoms with Gasteiger partial charge in [0.05, 0.1) is 19.6 Å². The van der Waals surface area contributed by atoms with E-state index in [-0.39, 0.29) is 24.8 Å². The quantitative estimate of drug-likeness (QED) is 0.147. The topological polar surface area (TPSA) is 133 Å². The smallest absolute Gasteiger partial charge is 0.303 e. The first-order valence-electron chi connectivity index (χ1n) is 13.5. The molecular weight excluding hydrogens is 506 g/mol. The van der Waals surface area contributed by atoms with Crippen molar-refractivity contribution in [3.63, 3.8) is 0 Å². The summed E-state index contributed by atoms with van der Waals surface area (Å²) in [7, 11) is 1.62. The van der Waals surface area contributed by atoms with Crippen molar-refractivity contribution in [1.29, 1.82) is 0 Å². The molecule has 3 aromatic carbocycles. The van der Waals surface area contributed by atoms with Gasteiger partial charge in [-0.05, 0) is 60.4 Å². The van der Waals surface area contributed by atoms with E-state index in [2.05, 4.69) is 43.7 Å². The zero-order valence-corrected chi connectivity index (χ0v) is 22.7. The summed E-state index contributed by atoms with van der Waals surface area (Å²) in [5, 5.41) is 24.1. The number of carboxylic acid groups (broad SMARTS) is 1. The number of aryl methyl sites for hydroxylation is 1. The summed E-state index contributed by atoms with van der Waals surface area (Å²) in [6, 6.07) is 19.6. The average molecular weight is 540 g/mol. The fourth-order valence-electron chi connectivity index (χ4n) is 5.10. The molecule has 0 aliphatic heterocycles. The maximum atomic E-state index is 13.3. The lowest BCUT2D eigenvalue weighted by Gasteiger charge is -2.16. The van der Waals surface area contributed by atoms with Gasteiger partial charge in [-0.2, -0.15) is 0 Å². The molecule has 0 aliphatic rings. The van der Waals surface area contributed by atoms with Crippen LogP contribution in [0.2, 0.25) is 0 Å². The van der Waals surface area contributed by atoms with Crippen LogP contribution in [-0.2, 0) is 16.0 Å². The monoisotopic (exact) mass is 539 g/mol. The van der Waals surface area contributed by atoms with Gasteiger partial charge in [0.25, 0.3) is 0 Å². The number of ether oxygens (including phenoxy) is 1. The summed E-state index contributed by atoms with van der Waals surface area (Å²) in [4.78, 5) is 30.9. The number of aliphatic carboxylic acids is 1. The number of nitrogens with zero attached hydrogens (tertiary/aromatic N) is 2. The fraction of sp³-hybridized carbons (Fsp3) is 0.290. The number of methoxy groups -OCH3 is 1. The second kappa shape index (κ2) is 12.0. The van der Waals surface area contributed by atoms with Gasteiger partial charge in [0.15, 0.2) is 11.6 Å². The van der Waals surface area contributed by atoms with Gasteiger partial charge in [0.2, 0.25) is 5.91 Å². The lowest BCUT2D eigenvalue weighted by atomic mass is 10.0. The van der Waals surface area contributed by atoms with E-state index in [9.17, 15) is 9.59 Å². The number of hydrogen-bond acceptors (Lipinski definition) is 5. The third-order valence-corrected chi connectivity index (χ3v) is 7.24. The van der Waals surface area contributed by atoms with Crippen molar-refractivity contribution >= 4 is 33.6 Å². The molecule has 206 valence electrons. The van der Waals surface area contributed by atoms with Crippen LogP contribution in [0.3, 0.4) is 0 Å². The number of carbonyl (C=O) groups excluding carboxylic acids is 1. The number of unbranched alkanes of at least 4 members (excludes halogenated alkanes) is 2. The first-order chi connectivity index (χ1) is 19.4. The second-order valence-corrected chi connectivity index (χ2v) is 10.1. The number of carboxylic acids is 1. The summed E-state index contributed by atoms with van der Waals surface area (Å²) in [5.41, 5.74) is 3.71. The first kappa shape index (κ1) is 26.9. The molecule has 4 N–H and O–H groups in total. The van der Waals surface area contributed by atoms with Crippen LogP contribution in [0.25, 0.3) is 33.1 Å². The van der Waals surface area contributed by atoms with E-state index in [1.54, 1.807) is 7.11 Å². The van der Waals surface area contributed by atoms with Gasteiger partial charge in [-0.3, -0.25) is 9.59 Å². The number of amides is 1. The van der Waals surface area contributed by atoms with Crippen LogP contribution < -0.4 is 10.1 Å². The zero-order chi connectivity index (χ0) is 28.1. The van der Waals surface area contributed by atoms with Crippen LogP contribution in [0.4, 0.5) is 0 Å². The predicted octanol–water partition coefficient (Wildman–Crippen LogP) is 5.86. The van der Waals surface area contributed by atoms with Gasteiger partial charge in [0, 0.05) is 28.6 Å². The number of H-pyrrole nitrogens is 2. The van der Waals surface area contributed by atoms with E-state index in [4.69, 9.17) is 9.84 Å². The molecule has 2 heterocycles. The normalized spacial score (nSPS) is 12.1. The standard InChI is InChI=1S/C31H33N5O4/c1-19-24(25-17-23(40-2)14-15-26(25)32-19)18-28(37)33-27(10-4-3-5-11-29(38)39)31-34-30(35-36-31)22-13-12-20-8-6-7-9-21(20)16-22/h6-9,12-17,27,32H,3-5,10-11,18H2,1-2H3,(H,33,37)(H,38,39)(H,34,35,36)/t27-/m0/s1. The fourth-order valence-corrected chi connectivity index (χ4v) is 5.10. The molecule has 0 saturated carbocycles. The Labute approximate surface area is 232 Å². The zero-order valence-electron chi connectivity index (χ0n) is 22.7. The van der Waals surface area contributed by atoms with Crippen LogP contribution in [0.5, 0.6) is 5.75 Å². The summed E-state index contributed by atoms with van der Waals surface area (Å²) >= 11 is 0. The Balaban J connectivity index is 1.35. The Morgan fingerprint density at radius 1 is 0.975 bits per heavy atom. The molecule has 5 rings (SSSR count). The third-order valence-electron chi connectivity index (χ3n) is 7.24. The van der Waals surface area contributed by atoms with Crippen LogP contribution in [-0.4, -0.2) is 44.3 Å². The van der Waals surface area contributed by atoms with Gasteiger partial charge in [-0.15, -0.1) is 10.2 Å². The molecular formula is C31H33N5O4. The molecule has 40 heavy (non-hydrogen) atoms. The highest BCUT2D eigenvalue weighted by molar-refractivity contribution is 5.91. The SMILES string of the molecule is COc1ccc2[nH]c(C)c(CC(=O)N[C@@H](CCCCCC(=O)O)c3nnc(-c4ccc5ccccc5c4)[nH]3)c2c1. The molecule has 0 fully saturated rings. The molecule has 9 nitrogen and oxygen atoms in total. The Hall–Kier alpha value is -4.66. The van der Waals surface area contributed by atoms with Crippen molar-refractivity contribution < 1.29 is 19.4 Å². The highest BCUT2D eigenvalue weighted by Gasteiger charge is 2.21. The highest BCUT2D eigenvalue weighted by Crippen LogP contribution is 2.28. The largest absolute Gasteiger partial charge is 0.497 e. The molecule has 5 aromatic rings. The van der Waals surface area contributed by atoms with Crippen LogP contribution in [0, 0.1) is 6.92 Å². The van der Waals surface area contributed by atoms with E-state index in [1.165, 1.54) is 0 Å². The van der Waals surface area contributed by atoms with E-state index in [0.29, 0.717) is 24.5 Å². The minimum Gasteiger partial charge on any atom is -0.497 e. The lowest BCUT2D eigenvalue weighted by Crippen LogP contribution is -2.30. The molecule has 0 spiro atoms. The van der Waals surface area contributed by atoms with Gasteiger partial charge in [-0.1, -0.05) is 49.2 Å². The molecule has 0 radical (unpaired) electrons. The van der Waals surface area contributed by atoms with Gasteiger partial charge in [-0.25, -0.2) is 0 Å². The summed E-state index contributed by atoms with van der Waals surface area (Å²) in [6.45, 7) is 1.96. The molecule has 0 saturated heterocycles. The van der Waals surface area contributed by atoms with E-state index >= 15 is 0 Å². The maximum absolute atomic E-state index is 13.3. The predicted molar refractivity (Wildman–Crippen MR) is 154 cm³/mol. The van der Waals surface area contributed by atoms with Gasteiger partial charge in [0.1, 0.15) is 5.75 Å². The summed E-state index contributed by atoms with van der Waals surface area (Å²) in [5.74, 6) is 1.00. The summed E-state index contributed by atoms with van der Waals surface area (Å²) in [6.07, 6.45) is 3.01. The Bertz CT molecular complexity index is 1650. The van der Waals surface area contributed by atoms with Crippen molar-refractivity contribution in [3.8, 4) is 17.1 Å². The maximum Gasteiger partial charge on any atom is 0.303 e. The van der Waals surface area contributed by atoms with Crippen molar-refractivity contribution in [2.24, 2.45) is 0 Å². The van der Waals surface area contributed by atoms with Gasteiger partial charge >= 0.3 is 5.97 Å². The number of rotatable bonds is 12. The van der Waals surface area contributed by atoms with E-state index in [0.717, 1.165) is 57.1 Å². The van der Waals surface area contributed by atoms with Crippen molar-refractivity contribution in [2.75, 3.05) is 7.11 Å². The van der Waals surface area contributed by atoms with Crippen LogP contribution in [0.15, 0.2) is 60.7 Å². The average Bonchev–Trinajstić information content (AvgIpc) is 3.56. The number of hydrogen-bond donors (Lipinski definition) is 4. The van der Waals surface area contributed by atoms with Gasteiger partial charge < -0.3 is 25.1 Å². The van der Waals surface area contributed by atoms with Crippen molar-refractivity contribution in [2.45, 2.75) is 51.5 Å². The van der Waals surface area contributed by atoms with Crippen LogP contribution in [0.1, 0.15) is 55.2 Å². The lowest BCUT2D eigenvalue weighted by molar-refractivity contribution is -0.137. The minimum absolute atomic E-state index is 0.133. The molecule has 0 bridgehead atoms. The summed E-state index contributed by atoms with van der Waals surface area (Å²) < 4.78 is 5.38. The second-order valence-electron chi connectivity index (χ2n) is 10.1. The van der Waals surface area contributed by atoms with Crippen molar-refractivity contribution in [1.82, 2.24) is 25.5 Å². The Morgan fingerprint density at radius 3 is 2.60 bits per heavy atom. The molecule has 1 amide bonds. The minimum atomic E-state index is -0.800. The first-order valence-corrected chi connectivity index (χ1v) is 13.5. The van der Waals surface area contributed by atoms with Crippen LogP contribution >= 0.6 is 0 Å². The number of carbonyl (C=O) groups is 2. The number of nitrogens with one attached hydrogen (secondary N) is 3. The third kappa shape index (κ3) is 6.14. The van der Waals surface area contributed by atoms with Crippen molar-refractivity contribution in [3.05, 3.63) is 77.7 Å².